The highest BCUT2D eigenvalue weighted by molar-refractivity contribution is 9.10. The number of aryl methyl sites for hydroxylation is 2. The van der Waals surface area contributed by atoms with Crippen LogP contribution in [0.4, 0.5) is 0 Å². The maximum atomic E-state index is 12.8. The lowest BCUT2D eigenvalue weighted by Gasteiger charge is -2.14. The molecule has 25 heavy (non-hydrogen) atoms. The molecule has 0 unspecified atom stereocenters. The molecule has 130 valence electrons. The second-order valence-electron chi connectivity index (χ2n) is 5.47. The van der Waals surface area contributed by atoms with E-state index < -0.39 is 10.1 Å². The Hall–Kier alpha value is -1.34. The van der Waals surface area contributed by atoms with Gasteiger partial charge < -0.3 is 4.18 Å². The summed E-state index contributed by atoms with van der Waals surface area (Å²) in [6.07, 6.45) is 1.52. The zero-order valence-electron chi connectivity index (χ0n) is 13.2. The summed E-state index contributed by atoms with van der Waals surface area (Å²) in [6, 6.07) is 8.13. The van der Waals surface area contributed by atoms with Crippen molar-refractivity contribution in [2.24, 2.45) is 0 Å². The van der Waals surface area contributed by atoms with Gasteiger partial charge in [0.05, 0.1) is 10.0 Å². The first-order valence-corrected chi connectivity index (χ1v) is 10.1. The first-order chi connectivity index (χ1) is 11.7. The van der Waals surface area contributed by atoms with Crippen molar-refractivity contribution >= 4 is 60.2 Å². The average Bonchev–Trinajstić information content (AvgIpc) is 2.54. The first-order valence-electron chi connectivity index (χ1n) is 7.14. The summed E-state index contributed by atoms with van der Waals surface area (Å²) in [5.41, 5.74) is 1.62. The number of nitrogens with zero attached hydrogens (tertiary/aromatic N) is 1. The Morgan fingerprint density at radius 3 is 2.52 bits per heavy atom. The highest BCUT2D eigenvalue weighted by atomic mass is 79.9. The van der Waals surface area contributed by atoms with E-state index in [0.717, 1.165) is 10.0 Å². The monoisotopic (exact) mass is 459 g/mol. The minimum absolute atomic E-state index is 0.0401. The largest absolute Gasteiger partial charge is 0.375 e. The van der Waals surface area contributed by atoms with Gasteiger partial charge in [-0.15, -0.1) is 0 Å². The molecular weight excluding hydrogens is 449 g/mol. The summed E-state index contributed by atoms with van der Waals surface area (Å²) in [5, 5.41) is 1.00. The maximum Gasteiger partial charge on any atom is 0.339 e. The zero-order valence-corrected chi connectivity index (χ0v) is 17.1. The number of benzene rings is 2. The normalized spacial score (nSPS) is 11.7. The van der Waals surface area contributed by atoms with Crippen molar-refractivity contribution in [3.8, 4) is 5.75 Å². The molecule has 0 N–H and O–H groups in total. The van der Waals surface area contributed by atoms with Crippen LogP contribution < -0.4 is 4.18 Å². The van der Waals surface area contributed by atoms with Gasteiger partial charge in [0.25, 0.3) is 0 Å². The van der Waals surface area contributed by atoms with Crippen molar-refractivity contribution in [1.29, 1.82) is 0 Å². The van der Waals surface area contributed by atoms with Crippen LogP contribution in [0.25, 0.3) is 10.9 Å². The van der Waals surface area contributed by atoms with E-state index in [1.165, 1.54) is 12.3 Å². The minimum Gasteiger partial charge on any atom is -0.375 e. The molecule has 0 aliphatic rings. The minimum atomic E-state index is -4.10. The molecule has 0 atom stereocenters. The number of pyridine rings is 1. The summed E-state index contributed by atoms with van der Waals surface area (Å²) in [6.45, 7) is 3.50. The Morgan fingerprint density at radius 2 is 1.80 bits per heavy atom. The molecule has 0 radical (unpaired) electrons. The summed E-state index contributed by atoms with van der Waals surface area (Å²) in [7, 11) is -4.10. The van der Waals surface area contributed by atoms with E-state index in [4.69, 9.17) is 27.4 Å². The fraction of sp³-hybridized carbons (Fsp3) is 0.118. The molecule has 0 spiro atoms. The predicted molar refractivity (Wildman–Crippen MR) is 103 cm³/mol. The van der Waals surface area contributed by atoms with Crippen molar-refractivity contribution in [2.75, 3.05) is 0 Å². The zero-order chi connectivity index (χ0) is 18.4. The van der Waals surface area contributed by atoms with Gasteiger partial charge >= 0.3 is 10.1 Å². The van der Waals surface area contributed by atoms with Crippen molar-refractivity contribution in [3.05, 3.63) is 62.2 Å². The highest BCUT2D eigenvalue weighted by Crippen LogP contribution is 2.38. The summed E-state index contributed by atoms with van der Waals surface area (Å²) in [4.78, 5) is 4.24. The summed E-state index contributed by atoms with van der Waals surface area (Å²) >= 11 is 15.7. The molecule has 4 nitrogen and oxygen atoms in total. The van der Waals surface area contributed by atoms with Gasteiger partial charge in [0.2, 0.25) is 0 Å². The van der Waals surface area contributed by atoms with Crippen molar-refractivity contribution in [3.63, 3.8) is 0 Å². The third-order valence-electron chi connectivity index (χ3n) is 3.67. The number of hydrogen-bond donors (Lipinski definition) is 0. The van der Waals surface area contributed by atoms with Crippen molar-refractivity contribution < 1.29 is 12.6 Å². The molecule has 0 amide bonds. The van der Waals surface area contributed by atoms with E-state index in [0.29, 0.717) is 16.0 Å². The Morgan fingerprint density at radius 1 is 1.08 bits per heavy atom. The van der Waals surface area contributed by atoms with Gasteiger partial charge in [0.1, 0.15) is 10.4 Å². The van der Waals surface area contributed by atoms with E-state index in [1.807, 2.05) is 0 Å². The molecule has 0 saturated carbocycles. The lowest BCUT2D eigenvalue weighted by Crippen LogP contribution is -2.12. The molecule has 3 rings (SSSR count). The Labute approximate surface area is 164 Å². The molecule has 0 bridgehead atoms. The molecule has 0 aliphatic heterocycles. The number of hydrogen-bond acceptors (Lipinski definition) is 4. The van der Waals surface area contributed by atoms with Crippen LogP contribution in [0, 0.1) is 13.8 Å². The van der Waals surface area contributed by atoms with Crippen LogP contribution in [0.1, 0.15) is 11.1 Å². The van der Waals surface area contributed by atoms with Crippen LogP contribution in [0.5, 0.6) is 5.75 Å². The van der Waals surface area contributed by atoms with E-state index in [2.05, 4.69) is 20.9 Å². The number of rotatable bonds is 3. The van der Waals surface area contributed by atoms with Crippen LogP contribution >= 0.6 is 39.1 Å². The second-order valence-corrected chi connectivity index (χ2v) is 8.66. The second kappa shape index (κ2) is 6.76. The van der Waals surface area contributed by atoms with E-state index >= 15 is 0 Å². The first kappa shape index (κ1) is 18.5. The quantitative estimate of drug-likeness (QED) is 0.471. The van der Waals surface area contributed by atoms with E-state index in [9.17, 15) is 8.42 Å². The molecular formula is C17H12BrCl2NO3S. The van der Waals surface area contributed by atoms with E-state index in [-0.39, 0.29) is 21.2 Å². The number of fused-ring (bicyclic) bond motifs is 1. The smallest absolute Gasteiger partial charge is 0.339 e. The number of halogens is 3. The van der Waals surface area contributed by atoms with Gasteiger partial charge in [-0.05, 0) is 55.3 Å². The standard InChI is InChI=1S/C17H12BrCl2NO3S/c1-9-7-15(10(2)6-12(9)18)25(22,23)24-17-14(20)8-13(19)11-4-3-5-21-16(11)17/h3-8H,1-2H3. The molecule has 0 fully saturated rings. The molecule has 0 saturated heterocycles. The van der Waals surface area contributed by atoms with Gasteiger partial charge in [-0.25, -0.2) is 0 Å². The molecule has 2 aromatic carbocycles. The SMILES string of the molecule is Cc1cc(S(=O)(=O)Oc2c(Cl)cc(Cl)c3cccnc23)c(C)cc1Br. The lowest BCUT2D eigenvalue weighted by atomic mass is 10.2. The summed E-state index contributed by atoms with van der Waals surface area (Å²) < 4.78 is 31.8. The van der Waals surface area contributed by atoms with Gasteiger partial charge in [-0.1, -0.05) is 39.1 Å². The van der Waals surface area contributed by atoms with Crippen LogP contribution in [0.15, 0.2) is 45.9 Å². The van der Waals surface area contributed by atoms with Crippen molar-refractivity contribution in [1.82, 2.24) is 4.98 Å². The van der Waals surface area contributed by atoms with Gasteiger partial charge in [-0.3, -0.25) is 4.98 Å². The molecule has 0 aliphatic carbocycles. The average molecular weight is 461 g/mol. The fourth-order valence-electron chi connectivity index (χ4n) is 2.40. The molecule has 3 aromatic rings. The Kier molecular flexibility index (Phi) is 4.99. The summed E-state index contributed by atoms with van der Waals surface area (Å²) in [5.74, 6) is -0.0401. The third kappa shape index (κ3) is 3.49. The Bertz CT molecular complexity index is 1100. The van der Waals surface area contributed by atoms with Crippen LogP contribution in [-0.4, -0.2) is 13.4 Å². The van der Waals surface area contributed by atoms with Crippen LogP contribution in [0.3, 0.4) is 0 Å². The highest BCUT2D eigenvalue weighted by Gasteiger charge is 2.24. The molecule has 8 heteroatoms. The molecule has 1 heterocycles. The van der Waals surface area contributed by atoms with Gasteiger partial charge in [0.15, 0.2) is 5.75 Å². The van der Waals surface area contributed by atoms with Gasteiger partial charge in [-0.2, -0.15) is 8.42 Å². The van der Waals surface area contributed by atoms with Crippen LogP contribution in [0.2, 0.25) is 10.0 Å². The lowest BCUT2D eigenvalue weighted by molar-refractivity contribution is 0.487. The number of aromatic nitrogens is 1. The maximum absolute atomic E-state index is 12.8. The Balaban J connectivity index is 2.17. The van der Waals surface area contributed by atoms with Crippen molar-refractivity contribution in [2.45, 2.75) is 18.7 Å². The fourth-order valence-corrected chi connectivity index (χ4v) is 4.71. The molecule has 1 aromatic heterocycles. The van der Waals surface area contributed by atoms with E-state index in [1.54, 1.807) is 38.1 Å². The van der Waals surface area contributed by atoms with Gasteiger partial charge in [0, 0.05) is 16.1 Å². The predicted octanol–water partition coefficient (Wildman–Crippen LogP) is 5.69. The third-order valence-corrected chi connectivity index (χ3v) is 6.48. The topological polar surface area (TPSA) is 56.3 Å². The van der Waals surface area contributed by atoms with Crippen LogP contribution in [-0.2, 0) is 10.1 Å².